The maximum atomic E-state index is 10.8. The smallest absolute Gasteiger partial charge is 0.231 e. The van der Waals surface area contributed by atoms with Gasteiger partial charge in [-0.2, -0.15) is 5.48 Å². The van der Waals surface area contributed by atoms with Gasteiger partial charge in [0, 0.05) is 21.9 Å². The molecule has 0 bridgehead atoms. The van der Waals surface area contributed by atoms with E-state index in [9.17, 15) is 10.1 Å². The fourth-order valence-corrected chi connectivity index (χ4v) is 1.95. The number of hydrogen-bond donors (Lipinski definition) is 1. The highest BCUT2D eigenvalue weighted by Gasteiger charge is 2.29. The molecule has 0 saturated carbocycles. The van der Waals surface area contributed by atoms with Gasteiger partial charge in [-0.15, -0.1) is 0 Å². The van der Waals surface area contributed by atoms with Crippen molar-refractivity contribution in [3.05, 3.63) is 43.9 Å². The topological polar surface area (TPSA) is 64.4 Å². The first-order valence-electron chi connectivity index (χ1n) is 4.84. The van der Waals surface area contributed by atoms with Crippen LogP contribution in [0.1, 0.15) is 18.5 Å². The van der Waals surface area contributed by atoms with E-state index in [0.717, 1.165) is 0 Å². The van der Waals surface area contributed by atoms with Crippen LogP contribution in [0.2, 0.25) is 10.0 Å². The molecule has 0 fully saturated rings. The van der Waals surface area contributed by atoms with Crippen molar-refractivity contribution in [1.29, 1.82) is 0 Å². The van der Waals surface area contributed by atoms with E-state index >= 15 is 0 Å². The molecule has 0 aliphatic carbocycles. The summed E-state index contributed by atoms with van der Waals surface area (Å²) in [6, 6.07) is 3.28. The SMILES string of the molecule is CONC(c1ccc(Cl)cc1Cl)C(C)[N+](=O)[O-]. The van der Waals surface area contributed by atoms with Crippen molar-refractivity contribution >= 4 is 23.2 Å². The third kappa shape index (κ3) is 3.54. The number of rotatable bonds is 5. The second kappa shape index (κ2) is 6.16. The van der Waals surface area contributed by atoms with Gasteiger partial charge in [0.2, 0.25) is 6.04 Å². The third-order valence-electron chi connectivity index (χ3n) is 2.36. The monoisotopic (exact) mass is 278 g/mol. The van der Waals surface area contributed by atoms with Gasteiger partial charge in [-0.1, -0.05) is 29.3 Å². The lowest BCUT2D eigenvalue weighted by molar-refractivity contribution is -0.525. The minimum atomic E-state index is -0.881. The summed E-state index contributed by atoms with van der Waals surface area (Å²) in [6.07, 6.45) is 0. The first-order chi connectivity index (χ1) is 7.97. The minimum Gasteiger partial charge on any atom is -0.304 e. The van der Waals surface area contributed by atoms with Crippen LogP contribution >= 0.6 is 23.2 Å². The van der Waals surface area contributed by atoms with Gasteiger partial charge in [0.25, 0.3) is 0 Å². The maximum Gasteiger partial charge on any atom is 0.231 e. The first kappa shape index (κ1) is 14.2. The van der Waals surface area contributed by atoms with Crippen LogP contribution in [-0.2, 0) is 4.84 Å². The van der Waals surface area contributed by atoms with Gasteiger partial charge in [-0.05, 0) is 17.7 Å². The second-order valence-electron chi connectivity index (χ2n) is 3.49. The van der Waals surface area contributed by atoms with E-state index in [0.29, 0.717) is 15.6 Å². The number of nitrogens with one attached hydrogen (secondary N) is 1. The van der Waals surface area contributed by atoms with Crippen LogP contribution in [0, 0.1) is 10.1 Å². The van der Waals surface area contributed by atoms with Gasteiger partial charge < -0.3 is 4.84 Å². The molecule has 1 rings (SSSR count). The Hall–Kier alpha value is -0.880. The van der Waals surface area contributed by atoms with E-state index in [1.165, 1.54) is 20.1 Å². The number of hydrogen-bond acceptors (Lipinski definition) is 4. The lowest BCUT2D eigenvalue weighted by atomic mass is 10.0. The Kier molecular flexibility index (Phi) is 5.14. The Labute approximate surface area is 109 Å². The van der Waals surface area contributed by atoms with Crippen LogP contribution in [0.5, 0.6) is 0 Å². The van der Waals surface area contributed by atoms with Gasteiger partial charge in [-0.3, -0.25) is 10.1 Å². The summed E-state index contributed by atoms with van der Waals surface area (Å²) >= 11 is 11.8. The molecule has 0 amide bonds. The number of nitro groups is 1. The number of nitrogens with zero attached hydrogens (tertiary/aromatic N) is 1. The van der Waals surface area contributed by atoms with Crippen LogP contribution in [0.4, 0.5) is 0 Å². The molecule has 0 aromatic heterocycles. The highest BCUT2D eigenvalue weighted by molar-refractivity contribution is 6.35. The maximum absolute atomic E-state index is 10.8. The zero-order valence-corrected chi connectivity index (χ0v) is 10.8. The van der Waals surface area contributed by atoms with Gasteiger partial charge in [-0.25, -0.2) is 0 Å². The molecule has 0 heterocycles. The van der Waals surface area contributed by atoms with Crippen LogP contribution < -0.4 is 5.48 Å². The molecule has 7 heteroatoms. The van der Waals surface area contributed by atoms with Crippen LogP contribution in [0.25, 0.3) is 0 Å². The summed E-state index contributed by atoms with van der Waals surface area (Å²) in [7, 11) is 1.39. The Morgan fingerprint density at radius 2 is 2.12 bits per heavy atom. The van der Waals surface area contributed by atoms with E-state index in [-0.39, 0.29) is 0 Å². The molecule has 0 aliphatic heterocycles. The van der Waals surface area contributed by atoms with Gasteiger partial charge in [0.1, 0.15) is 6.04 Å². The molecule has 94 valence electrons. The van der Waals surface area contributed by atoms with Crippen molar-refractivity contribution in [2.45, 2.75) is 19.0 Å². The highest BCUT2D eigenvalue weighted by Crippen LogP contribution is 2.28. The standard InChI is InChI=1S/C10H12Cl2N2O3/c1-6(14(15)16)10(13-17-2)8-4-3-7(11)5-9(8)12/h3-6,10,13H,1-2H3. The average molecular weight is 279 g/mol. The lowest BCUT2D eigenvalue weighted by Crippen LogP contribution is -2.34. The Morgan fingerprint density at radius 1 is 1.47 bits per heavy atom. The molecule has 2 unspecified atom stereocenters. The predicted molar refractivity (Wildman–Crippen MR) is 65.8 cm³/mol. The molecule has 17 heavy (non-hydrogen) atoms. The zero-order valence-electron chi connectivity index (χ0n) is 9.31. The summed E-state index contributed by atoms with van der Waals surface area (Å²) in [5.41, 5.74) is 3.14. The number of benzene rings is 1. The van der Waals surface area contributed by atoms with Crippen molar-refractivity contribution in [3.63, 3.8) is 0 Å². The van der Waals surface area contributed by atoms with Gasteiger partial charge >= 0.3 is 0 Å². The predicted octanol–water partition coefficient (Wildman–Crippen LogP) is 2.85. The Morgan fingerprint density at radius 3 is 2.59 bits per heavy atom. The van der Waals surface area contributed by atoms with Crippen molar-refractivity contribution in [2.75, 3.05) is 7.11 Å². The molecule has 5 nitrogen and oxygen atoms in total. The highest BCUT2D eigenvalue weighted by atomic mass is 35.5. The van der Waals surface area contributed by atoms with E-state index in [1.807, 2.05) is 0 Å². The molecule has 1 aromatic rings. The summed E-state index contributed by atoms with van der Waals surface area (Å²) in [5, 5.41) is 11.6. The molecule has 0 radical (unpaired) electrons. The number of hydroxylamine groups is 1. The molecule has 0 saturated heterocycles. The fourth-order valence-electron chi connectivity index (χ4n) is 1.42. The van der Waals surface area contributed by atoms with E-state index in [2.05, 4.69) is 5.48 Å². The van der Waals surface area contributed by atoms with Crippen molar-refractivity contribution in [2.24, 2.45) is 0 Å². The van der Waals surface area contributed by atoms with Crippen molar-refractivity contribution < 1.29 is 9.76 Å². The van der Waals surface area contributed by atoms with Crippen LogP contribution in [0.3, 0.4) is 0 Å². The van der Waals surface area contributed by atoms with Crippen LogP contribution in [0.15, 0.2) is 18.2 Å². The number of halogens is 2. The minimum absolute atomic E-state index is 0.362. The second-order valence-corrected chi connectivity index (χ2v) is 4.34. The quantitative estimate of drug-likeness (QED) is 0.665. The first-order valence-corrected chi connectivity index (χ1v) is 5.60. The Balaban J connectivity index is 3.09. The molecule has 2 atom stereocenters. The summed E-state index contributed by atoms with van der Waals surface area (Å²) in [6.45, 7) is 1.47. The largest absolute Gasteiger partial charge is 0.304 e. The zero-order chi connectivity index (χ0) is 13.0. The molecule has 1 N–H and O–H groups in total. The molecule has 0 spiro atoms. The van der Waals surface area contributed by atoms with Crippen molar-refractivity contribution in [3.8, 4) is 0 Å². The summed E-state index contributed by atoms with van der Waals surface area (Å²) < 4.78 is 0. The van der Waals surface area contributed by atoms with E-state index in [4.69, 9.17) is 28.0 Å². The lowest BCUT2D eigenvalue weighted by Gasteiger charge is -2.19. The van der Waals surface area contributed by atoms with E-state index < -0.39 is 17.0 Å². The molecular formula is C10H12Cl2N2O3. The molecule has 0 aliphatic rings. The van der Waals surface area contributed by atoms with Gasteiger partial charge in [0.15, 0.2) is 0 Å². The molecular weight excluding hydrogens is 267 g/mol. The third-order valence-corrected chi connectivity index (χ3v) is 2.92. The normalized spacial score (nSPS) is 14.4. The Bertz CT molecular complexity index is 415. The summed E-state index contributed by atoms with van der Waals surface area (Å²) in [4.78, 5) is 15.2. The summed E-state index contributed by atoms with van der Waals surface area (Å²) in [5.74, 6) is 0. The average Bonchev–Trinajstić information content (AvgIpc) is 2.26. The van der Waals surface area contributed by atoms with Crippen molar-refractivity contribution in [1.82, 2.24) is 5.48 Å². The molecule has 1 aromatic carbocycles. The fraction of sp³-hybridized carbons (Fsp3) is 0.400. The van der Waals surface area contributed by atoms with Crippen LogP contribution in [-0.4, -0.2) is 18.1 Å². The van der Waals surface area contributed by atoms with E-state index in [1.54, 1.807) is 12.1 Å². The van der Waals surface area contributed by atoms with Gasteiger partial charge in [0.05, 0.1) is 7.11 Å².